The third-order valence-corrected chi connectivity index (χ3v) is 11.8. The van der Waals surface area contributed by atoms with Crippen LogP contribution in [0, 0.1) is 0 Å². The molecule has 0 amide bonds. The SMILES string of the molecule is c1ccc(-c2nc(-c3ccccc3)nc(-c3ccc(-c4cccc5c4c4cc6c(-c7ccccc7)nc7ccccc7c6cc4n5-c4ccccc4)c4ccccc34)n2)cc1. The third kappa shape index (κ3) is 5.78. The van der Waals surface area contributed by atoms with Gasteiger partial charge in [0.2, 0.25) is 0 Å². The molecule has 0 spiro atoms. The number of nitrogens with zero attached hydrogens (tertiary/aromatic N) is 5. The number of aromatic nitrogens is 5. The Morgan fingerprint density at radius 3 is 1.51 bits per heavy atom. The van der Waals surface area contributed by atoms with Crippen molar-refractivity contribution in [1.82, 2.24) is 24.5 Å². The molecule has 0 aliphatic carbocycles. The fraction of sp³-hybridized carbons (Fsp3) is 0. The summed E-state index contributed by atoms with van der Waals surface area (Å²) in [6, 6.07) is 74.6. The van der Waals surface area contributed by atoms with Crippen LogP contribution in [0.15, 0.2) is 212 Å². The van der Waals surface area contributed by atoms with Crippen LogP contribution in [-0.2, 0) is 0 Å². The highest BCUT2D eigenvalue weighted by Gasteiger charge is 2.22. The van der Waals surface area contributed by atoms with E-state index in [4.69, 9.17) is 19.9 Å². The van der Waals surface area contributed by atoms with Crippen molar-refractivity contribution >= 4 is 54.3 Å². The van der Waals surface area contributed by atoms with Crippen LogP contribution in [0.1, 0.15) is 0 Å². The molecule has 0 saturated heterocycles. The highest BCUT2D eigenvalue weighted by molar-refractivity contribution is 6.24. The Hall–Kier alpha value is -8.28. The molecular formula is C56H35N5. The maximum Gasteiger partial charge on any atom is 0.164 e. The van der Waals surface area contributed by atoms with Gasteiger partial charge in [0.15, 0.2) is 17.5 Å². The molecule has 0 N–H and O–H groups in total. The monoisotopic (exact) mass is 777 g/mol. The van der Waals surface area contributed by atoms with Crippen LogP contribution in [0.25, 0.3) is 116 Å². The summed E-state index contributed by atoms with van der Waals surface area (Å²) < 4.78 is 2.42. The lowest BCUT2D eigenvalue weighted by molar-refractivity contribution is 1.08. The van der Waals surface area contributed by atoms with E-state index < -0.39 is 0 Å². The molecule has 0 radical (unpaired) electrons. The zero-order chi connectivity index (χ0) is 40.3. The normalized spacial score (nSPS) is 11.6. The highest BCUT2D eigenvalue weighted by atomic mass is 15.0. The van der Waals surface area contributed by atoms with Gasteiger partial charge in [-0.25, -0.2) is 19.9 Å². The molecule has 284 valence electrons. The summed E-state index contributed by atoms with van der Waals surface area (Å²) in [5.41, 5.74) is 11.6. The van der Waals surface area contributed by atoms with Crippen LogP contribution < -0.4 is 0 Å². The van der Waals surface area contributed by atoms with Crippen LogP contribution in [-0.4, -0.2) is 24.5 Å². The fourth-order valence-electron chi connectivity index (χ4n) is 9.06. The highest BCUT2D eigenvalue weighted by Crippen LogP contribution is 2.45. The Morgan fingerprint density at radius 2 is 0.836 bits per heavy atom. The van der Waals surface area contributed by atoms with E-state index in [0.29, 0.717) is 17.5 Å². The molecule has 5 heteroatoms. The second-order valence-electron chi connectivity index (χ2n) is 15.4. The molecular weight excluding hydrogens is 743 g/mol. The molecule has 0 aliphatic rings. The zero-order valence-electron chi connectivity index (χ0n) is 32.9. The summed E-state index contributed by atoms with van der Waals surface area (Å²) >= 11 is 0. The van der Waals surface area contributed by atoms with Crippen molar-refractivity contribution < 1.29 is 0 Å². The number of hydrogen-bond acceptors (Lipinski definition) is 4. The smallest absolute Gasteiger partial charge is 0.164 e. The average molecular weight is 778 g/mol. The van der Waals surface area contributed by atoms with E-state index in [2.05, 4.69) is 156 Å². The Labute approximate surface area is 351 Å². The molecule has 0 aliphatic heterocycles. The van der Waals surface area contributed by atoms with Crippen molar-refractivity contribution in [2.45, 2.75) is 0 Å². The lowest BCUT2D eigenvalue weighted by atomic mass is 9.91. The average Bonchev–Trinajstić information content (AvgIpc) is 3.67. The minimum absolute atomic E-state index is 0.633. The number of hydrogen-bond donors (Lipinski definition) is 0. The molecule has 5 nitrogen and oxygen atoms in total. The summed E-state index contributed by atoms with van der Waals surface area (Å²) in [7, 11) is 0. The van der Waals surface area contributed by atoms with Crippen LogP contribution in [0.3, 0.4) is 0 Å². The van der Waals surface area contributed by atoms with Gasteiger partial charge in [0.05, 0.1) is 22.2 Å². The number of para-hydroxylation sites is 2. The summed E-state index contributed by atoms with van der Waals surface area (Å²) in [4.78, 5) is 20.5. The van der Waals surface area contributed by atoms with Crippen molar-refractivity contribution in [2.75, 3.05) is 0 Å². The first-order valence-electron chi connectivity index (χ1n) is 20.6. The van der Waals surface area contributed by atoms with E-state index in [1.54, 1.807) is 0 Å². The third-order valence-electron chi connectivity index (χ3n) is 11.8. The second kappa shape index (κ2) is 14.2. The number of fused-ring (bicyclic) bond motifs is 7. The molecule has 12 rings (SSSR count). The van der Waals surface area contributed by atoms with Crippen molar-refractivity contribution in [3.8, 4) is 62.2 Å². The van der Waals surface area contributed by atoms with Crippen molar-refractivity contribution in [3.05, 3.63) is 212 Å². The first-order chi connectivity index (χ1) is 30.3. The van der Waals surface area contributed by atoms with Gasteiger partial charge in [-0.1, -0.05) is 170 Å². The van der Waals surface area contributed by atoms with Crippen LogP contribution in [0.2, 0.25) is 0 Å². The van der Waals surface area contributed by atoms with E-state index in [1.165, 1.54) is 16.2 Å². The maximum absolute atomic E-state index is 5.31. The van der Waals surface area contributed by atoms with Gasteiger partial charge < -0.3 is 4.57 Å². The lowest BCUT2D eigenvalue weighted by Crippen LogP contribution is -2.00. The van der Waals surface area contributed by atoms with Gasteiger partial charge in [-0.05, 0) is 69.8 Å². The molecule has 3 heterocycles. The second-order valence-corrected chi connectivity index (χ2v) is 15.4. The van der Waals surface area contributed by atoms with Crippen LogP contribution in [0.5, 0.6) is 0 Å². The minimum Gasteiger partial charge on any atom is -0.309 e. The number of benzene rings is 9. The maximum atomic E-state index is 5.31. The zero-order valence-corrected chi connectivity index (χ0v) is 32.9. The minimum atomic E-state index is 0.633. The topological polar surface area (TPSA) is 56.5 Å². The Balaban J connectivity index is 1.14. The van der Waals surface area contributed by atoms with Crippen molar-refractivity contribution in [2.24, 2.45) is 0 Å². The van der Waals surface area contributed by atoms with E-state index >= 15 is 0 Å². The summed E-state index contributed by atoms with van der Waals surface area (Å²) in [5, 5.41) is 7.98. The molecule has 9 aromatic carbocycles. The first kappa shape index (κ1) is 34.7. The van der Waals surface area contributed by atoms with Gasteiger partial charge in [0.1, 0.15) is 0 Å². The predicted molar refractivity (Wildman–Crippen MR) is 252 cm³/mol. The Bertz CT molecular complexity index is 3560. The van der Waals surface area contributed by atoms with Gasteiger partial charge in [-0.15, -0.1) is 0 Å². The lowest BCUT2D eigenvalue weighted by Gasteiger charge is -2.14. The van der Waals surface area contributed by atoms with Crippen LogP contribution in [0.4, 0.5) is 0 Å². The molecule has 12 aromatic rings. The van der Waals surface area contributed by atoms with E-state index in [-0.39, 0.29) is 0 Å². The Kier molecular flexibility index (Phi) is 8.10. The number of rotatable bonds is 6. The Morgan fingerprint density at radius 1 is 0.295 bits per heavy atom. The van der Waals surface area contributed by atoms with Gasteiger partial charge in [0.25, 0.3) is 0 Å². The van der Waals surface area contributed by atoms with Crippen molar-refractivity contribution in [1.29, 1.82) is 0 Å². The summed E-state index contributed by atoms with van der Waals surface area (Å²) in [6.45, 7) is 0. The standard InChI is InChI=1S/C56H35N5/c1-5-18-36(19-6-1)53-47-34-48-51(35-46(47)43-28-15-16-30-49(43)57-53)61(39-24-11-4-12-25-39)50-31-17-29-44(52(48)50)42-32-33-45(41-27-14-13-26-40(41)42)56-59-54(37-20-7-2-8-21-37)58-55(60-56)38-22-9-3-10-23-38/h1-35H. The van der Waals surface area contributed by atoms with Crippen LogP contribution >= 0.6 is 0 Å². The fourth-order valence-corrected chi connectivity index (χ4v) is 9.06. The number of pyridine rings is 1. The molecule has 0 unspecified atom stereocenters. The van der Waals surface area contributed by atoms with Gasteiger partial charge >= 0.3 is 0 Å². The van der Waals surface area contributed by atoms with E-state index in [0.717, 1.165) is 82.9 Å². The first-order valence-corrected chi connectivity index (χ1v) is 20.6. The summed E-state index contributed by atoms with van der Waals surface area (Å²) in [5.74, 6) is 1.91. The molecule has 0 fully saturated rings. The molecule has 61 heavy (non-hydrogen) atoms. The molecule has 0 atom stereocenters. The van der Waals surface area contributed by atoms with Gasteiger partial charge in [-0.2, -0.15) is 0 Å². The molecule has 0 saturated carbocycles. The van der Waals surface area contributed by atoms with Gasteiger partial charge in [-0.3, -0.25) is 0 Å². The largest absolute Gasteiger partial charge is 0.309 e. The van der Waals surface area contributed by atoms with Crippen molar-refractivity contribution in [3.63, 3.8) is 0 Å². The predicted octanol–water partition coefficient (Wildman–Crippen LogP) is 14.2. The summed E-state index contributed by atoms with van der Waals surface area (Å²) in [6.07, 6.45) is 0. The van der Waals surface area contributed by atoms with Gasteiger partial charge in [0, 0.05) is 49.5 Å². The van der Waals surface area contributed by atoms with E-state index in [1.807, 2.05) is 60.7 Å². The van der Waals surface area contributed by atoms with E-state index in [9.17, 15) is 0 Å². The quantitative estimate of drug-likeness (QED) is 0.158. The molecule has 3 aromatic heterocycles. The molecule has 0 bridgehead atoms.